The average Bonchev–Trinajstić information content (AvgIpc) is 2.30. The van der Waals surface area contributed by atoms with Crippen LogP contribution in [0, 0.1) is 0 Å². The number of rotatable bonds is 11. The van der Waals surface area contributed by atoms with Crippen molar-refractivity contribution in [2.45, 2.75) is 58.9 Å². The highest BCUT2D eigenvalue weighted by Crippen LogP contribution is 2.10. The van der Waals surface area contributed by atoms with Gasteiger partial charge in [-0.25, -0.2) is 0 Å². The summed E-state index contributed by atoms with van der Waals surface area (Å²) < 4.78 is 5.54. The van der Waals surface area contributed by atoms with Crippen LogP contribution in [0.2, 0.25) is 0 Å². The van der Waals surface area contributed by atoms with E-state index in [1.807, 2.05) is 0 Å². The van der Waals surface area contributed by atoms with Gasteiger partial charge in [0.2, 0.25) is 0 Å². The Morgan fingerprint density at radius 1 is 1.19 bits per heavy atom. The topological polar surface area (TPSA) is 21.3 Å². The van der Waals surface area contributed by atoms with Crippen molar-refractivity contribution in [3.63, 3.8) is 0 Å². The van der Waals surface area contributed by atoms with Gasteiger partial charge in [-0.2, -0.15) is 0 Å². The Morgan fingerprint density at radius 3 is 2.50 bits per heavy atom. The predicted molar refractivity (Wildman–Crippen MR) is 71.9 cm³/mol. The molecule has 0 aliphatic rings. The summed E-state index contributed by atoms with van der Waals surface area (Å²) in [4.78, 5) is 0. The smallest absolute Gasteiger partial charge is 0.0480 e. The molecule has 1 unspecified atom stereocenters. The molecule has 0 saturated carbocycles. The molecule has 0 radical (unpaired) electrons. The molecular formula is C14H29NO. The fourth-order valence-electron chi connectivity index (χ4n) is 1.59. The first-order valence-electron chi connectivity index (χ1n) is 6.72. The molecule has 0 rings (SSSR count). The van der Waals surface area contributed by atoms with Gasteiger partial charge in [-0.15, -0.1) is 0 Å². The van der Waals surface area contributed by atoms with Crippen molar-refractivity contribution in [1.29, 1.82) is 0 Å². The van der Waals surface area contributed by atoms with Crippen molar-refractivity contribution in [3.05, 3.63) is 12.2 Å². The molecule has 0 saturated heterocycles. The zero-order chi connectivity index (χ0) is 12.2. The van der Waals surface area contributed by atoms with Gasteiger partial charge in [0, 0.05) is 19.3 Å². The molecule has 1 atom stereocenters. The maximum atomic E-state index is 5.54. The molecule has 0 heterocycles. The molecule has 1 N–H and O–H groups in total. The maximum Gasteiger partial charge on any atom is 0.0480 e. The van der Waals surface area contributed by atoms with E-state index in [9.17, 15) is 0 Å². The second-order valence-electron chi connectivity index (χ2n) is 4.36. The van der Waals surface area contributed by atoms with Crippen LogP contribution in [0.25, 0.3) is 0 Å². The first kappa shape index (κ1) is 15.7. The van der Waals surface area contributed by atoms with Gasteiger partial charge in [-0.3, -0.25) is 0 Å². The van der Waals surface area contributed by atoms with E-state index in [4.69, 9.17) is 4.74 Å². The summed E-state index contributed by atoms with van der Waals surface area (Å²) >= 11 is 0. The van der Waals surface area contributed by atoms with Crippen LogP contribution < -0.4 is 5.32 Å². The van der Waals surface area contributed by atoms with Crippen LogP contribution in [-0.4, -0.2) is 25.8 Å². The maximum absolute atomic E-state index is 5.54. The summed E-state index contributed by atoms with van der Waals surface area (Å²) in [7, 11) is 0. The van der Waals surface area contributed by atoms with Crippen molar-refractivity contribution in [2.75, 3.05) is 19.8 Å². The molecule has 96 valence electrons. The monoisotopic (exact) mass is 227 g/mol. The average molecular weight is 227 g/mol. The molecule has 2 nitrogen and oxygen atoms in total. The van der Waals surface area contributed by atoms with E-state index in [2.05, 4.69) is 32.7 Å². The first-order valence-corrected chi connectivity index (χ1v) is 6.72. The summed E-state index contributed by atoms with van der Waals surface area (Å²) in [5.74, 6) is 0. The van der Waals surface area contributed by atoms with Crippen LogP contribution >= 0.6 is 0 Å². The minimum atomic E-state index is 0.546. The highest BCUT2D eigenvalue weighted by Gasteiger charge is 2.08. The molecule has 2 heteroatoms. The SMILES string of the molecule is C=C(CC)CC(CCOCCC)NCCC. The van der Waals surface area contributed by atoms with E-state index in [0.717, 1.165) is 45.4 Å². The normalized spacial score (nSPS) is 12.7. The number of ether oxygens (including phenoxy) is 1. The van der Waals surface area contributed by atoms with E-state index < -0.39 is 0 Å². The zero-order valence-corrected chi connectivity index (χ0v) is 11.3. The second-order valence-corrected chi connectivity index (χ2v) is 4.36. The van der Waals surface area contributed by atoms with Crippen LogP contribution in [0.15, 0.2) is 12.2 Å². The lowest BCUT2D eigenvalue weighted by Crippen LogP contribution is -2.31. The van der Waals surface area contributed by atoms with Crippen LogP contribution in [0.1, 0.15) is 52.9 Å². The summed E-state index contributed by atoms with van der Waals surface area (Å²) in [5, 5.41) is 3.57. The Bertz CT molecular complexity index is 168. The van der Waals surface area contributed by atoms with Crippen LogP contribution in [0.5, 0.6) is 0 Å². The van der Waals surface area contributed by atoms with E-state index in [-0.39, 0.29) is 0 Å². The van der Waals surface area contributed by atoms with Gasteiger partial charge in [0.1, 0.15) is 0 Å². The quantitative estimate of drug-likeness (QED) is 0.431. The third-order valence-corrected chi connectivity index (χ3v) is 2.68. The molecule has 0 bridgehead atoms. The van der Waals surface area contributed by atoms with Gasteiger partial charge in [-0.05, 0) is 38.6 Å². The lowest BCUT2D eigenvalue weighted by molar-refractivity contribution is 0.124. The highest BCUT2D eigenvalue weighted by atomic mass is 16.5. The Balaban J connectivity index is 3.75. The lowest BCUT2D eigenvalue weighted by atomic mass is 10.0. The van der Waals surface area contributed by atoms with Crippen molar-refractivity contribution < 1.29 is 4.74 Å². The molecule has 0 aromatic rings. The van der Waals surface area contributed by atoms with Crippen LogP contribution in [-0.2, 0) is 4.74 Å². The van der Waals surface area contributed by atoms with Gasteiger partial charge < -0.3 is 10.1 Å². The Hall–Kier alpha value is -0.340. The fourth-order valence-corrected chi connectivity index (χ4v) is 1.59. The van der Waals surface area contributed by atoms with Gasteiger partial charge in [0.15, 0.2) is 0 Å². The van der Waals surface area contributed by atoms with Gasteiger partial charge >= 0.3 is 0 Å². The zero-order valence-electron chi connectivity index (χ0n) is 11.3. The van der Waals surface area contributed by atoms with Gasteiger partial charge in [-0.1, -0.05) is 32.9 Å². The minimum Gasteiger partial charge on any atom is -0.381 e. The Kier molecular flexibility index (Phi) is 10.9. The third-order valence-electron chi connectivity index (χ3n) is 2.68. The molecule has 0 aliphatic carbocycles. The Labute approximate surface area is 101 Å². The lowest BCUT2D eigenvalue weighted by Gasteiger charge is -2.19. The van der Waals surface area contributed by atoms with Gasteiger partial charge in [0.25, 0.3) is 0 Å². The molecule has 0 spiro atoms. The predicted octanol–water partition coefficient (Wildman–Crippen LogP) is 3.53. The molecule has 0 fully saturated rings. The minimum absolute atomic E-state index is 0.546. The standard InChI is InChI=1S/C14H29NO/c1-5-9-15-14(12-13(4)7-3)8-11-16-10-6-2/h14-15H,4-12H2,1-3H3. The number of nitrogens with one attached hydrogen (secondary N) is 1. The molecular weight excluding hydrogens is 198 g/mol. The molecule has 0 amide bonds. The van der Waals surface area contributed by atoms with E-state index in [0.29, 0.717) is 6.04 Å². The van der Waals surface area contributed by atoms with Crippen molar-refractivity contribution in [1.82, 2.24) is 5.32 Å². The summed E-state index contributed by atoms with van der Waals surface area (Å²) in [6.07, 6.45) is 5.56. The van der Waals surface area contributed by atoms with Crippen molar-refractivity contribution in [2.24, 2.45) is 0 Å². The molecule has 16 heavy (non-hydrogen) atoms. The van der Waals surface area contributed by atoms with Gasteiger partial charge in [0.05, 0.1) is 0 Å². The second kappa shape index (κ2) is 11.2. The van der Waals surface area contributed by atoms with Crippen LogP contribution in [0.4, 0.5) is 0 Å². The first-order chi connectivity index (χ1) is 7.74. The third kappa shape index (κ3) is 8.93. The van der Waals surface area contributed by atoms with E-state index in [1.165, 1.54) is 12.0 Å². The summed E-state index contributed by atoms with van der Waals surface area (Å²) in [6.45, 7) is 13.4. The Morgan fingerprint density at radius 2 is 1.94 bits per heavy atom. The largest absolute Gasteiger partial charge is 0.381 e. The fraction of sp³-hybridized carbons (Fsp3) is 0.857. The van der Waals surface area contributed by atoms with E-state index >= 15 is 0 Å². The summed E-state index contributed by atoms with van der Waals surface area (Å²) in [6, 6.07) is 0.546. The molecule has 0 aromatic heterocycles. The highest BCUT2D eigenvalue weighted by molar-refractivity contribution is 4.96. The van der Waals surface area contributed by atoms with Crippen LogP contribution in [0.3, 0.4) is 0 Å². The van der Waals surface area contributed by atoms with Crippen molar-refractivity contribution >= 4 is 0 Å². The summed E-state index contributed by atoms with van der Waals surface area (Å²) in [5.41, 5.74) is 1.34. The number of hydrogen-bond donors (Lipinski definition) is 1. The molecule has 0 aromatic carbocycles. The van der Waals surface area contributed by atoms with E-state index in [1.54, 1.807) is 0 Å². The molecule has 0 aliphatic heterocycles. The van der Waals surface area contributed by atoms with Crippen molar-refractivity contribution in [3.8, 4) is 0 Å². The number of hydrogen-bond acceptors (Lipinski definition) is 2.